The first-order valence-corrected chi connectivity index (χ1v) is 14.5. The van der Waals surface area contributed by atoms with Gasteiger partial charge in [0.2, 0.25) is 0 Å². The standard InChI is InChI=1S/C33H26BrClN6O/c34-27-21-38-41-31(18-30(39-32(27)41)26-11-4-6-12-28(26)35)36-19-22-14-16-23(17-15-22)20-37-33(42)40-29-13-7-5-10-25(29)24-8-2-1-3-9-24/h1-18,21,36H,19-20H2,(H2,37,40,42). The van der Waals surface area contributed by atoms with Crippen LogP contribution in [0.25, 0.3) is 28.0 Å². The largest absolute Gasteiger partial charge is 0.366 e. The van der Waals surface area contributed by atoms with Gasteiger partial charge in [0.15, 0.2) is 5.65 Å². The van der Waals surface area contributed by atoms with Crippen molar-refractivity contribution in [2.75, 3.05) is 10.6 Å². The van der Waals surface area contributed by atoms with Crippen LogP contribution < -0.4 is 16.0 Å². The van der Waals surface area contributed by atoms with Gasteiger partial charge in [0.1, 0.15) is 5.82 Å². The van der Waals surface area contributed by atoms with Gasteiger partial charge in [-0.3, -0.25) is 0 Å². The number of nitrogens with one attached hydrogen (secondary N) is 3. The number of para-hydroxylation sites is 1. The number of hydrogen-bond donors (Lipinski definition) is 3. The van der Waals surface area contributed by atoms with E-state index in [9.17, 15) is 4.79 Å². The van der Waals surface area contributed by atoms with Crippen molar-refractivity contribution in [1.29, 1.82) is 0 Å². The highest BCUT2D eigenvalue weighted by Gasteiger charge is 2.13. The van der Waals surface area contributed by atoms with Gasteiger partial charge < -0.3 is 16.0 Å². The predicted molar refractivity (Wildman–Crippen MR) is 173 cm³/mol. The van der Waals surface area contributed by atoms with Crippen molar-refractivity contribution < 1.29 is 4.79 Å². The van der Waals surface area contributed by atoms with Gasteiger partial charge in [-0.1, -0.05) is 103 Å². The molecule has 0 aliphatic heterocycles. The van der Waals surface area contributed by atoms with Crippen LogP contribution in [0, 0.1) is 0 Å². The van der Waals surface area contributed by atoms with Crippen LogP contribution in [0.2, 0.25) is 5.02 Å². The van der Waals surface area contributed by atoms with Crippen molar-refractivity contribution in [3.8, 4) is 22.4 Å². The van der Waals surface area contributed by atoms with Crippen molar-refractivity contribution >= 4 is 50.7 Å². The molecule has 42 heavy (non-hydrogen) atoms. The number of carbonyl (C=O) groups is 1. The number of aromatic nitrogens is 3. The average molecular weight is 638 g/mol. The molecule has 0 aliphatic rings. The summed E-state index contributed by atoms with van der Waals surface area (Å²) in [6.07, 6.45) is 1.72. The van der Waals surface area contributed by atoms with Crippen LogP contribution in [0.1, 0.15) is 11.1 Å². The first-order chi connectivity index (χ1) is 20.5. The molecule has 3 N–H and O–H groups in total. The van der Waals surface area contributed by atoms with Crippen LogP contribution in [-0.2, 0) is 13.1 Å². The molecule has 0 saturated heterocycles. The fourth-order valence-corrected chi connectivity index (χ4v) is 5.23. The third-order valence-electron chi connectivity index (χ3n) is 6.79. The van der Waals surface area contributed by atoms with E-state index in [-0.39, 0.29) is 6.03 Å². The summed E-state index contributed by atoms with van der Waals surface area (Å²) in [5, 5.41) is 14.5. The Morgan fingerprint density at radius 3 is 2.24 bits per heavy atom. The molecule has 2 heterocycles. The van der Waals surface area contributed by atoms with Crippen molar-refractivity contribution in [2.24, 2.45) is 0 Å². The Balaban J connectivity index is 1.09. The van der Waals surface area contributed by atoms with Crippen LogP contribution >= 0.6 is 27.5 Å². The molecular weight excluding hydrogens is 612 g/mol. The summed E-state index contributed by atoms with van der Waals surface area (Å²) in [6.45, 7) is 0.976. The summed E-state index contributed by atoms with van der Waals surface area (Å²) in [4.78, 5) is 17.5. The lowest BCUT2D eigenvalue weighted by atomic mass is 10.0. The quantitative estimate of drug-likeness (QED) is 0.156. The highest BCUT2D eigenvalue weighted by Crippen LogP contribution is 2.31. The summed E-state index contributed by atoms with van der Waals surface area (Å²) < 4.78 is 2.56. The maximum atomic E-state index is 12.7. The van der Waals surface area contributed by atoms with Gasteiger partial charge in [-0.2, -0.15) is 9.61 Å². The number of benzene rings is 4. The average Bonchev–Trinajstić information content (AvgIpc) is 3.40. The zero-order chi connectivity index (χ0) is 28.9. The van der Waals surface area contributed by atoms with Gasteiger partial charge in [-0.25, -0.2) is 9.78 Å². The van der Waals surface area contributed by atoms with Crippen LogP contribution in [-0.4, -0.2) is 20.6 Å². The van der Waals surface area contributed by atoms with E-state index in [1.54, 1.807) is 10.7 Å². The van der Waals surface area contributed by atoms with Crippen molar-refractivity contribution in [3.05, 3.63) is 136 Å². The van der Waals surface area contributed by atoms with E-state index in [1.165, 1.54) is 0 Å². The molecule has 4 aromatic carbocycles. The lowest BCUT2D eigenvalue weighted by Crippen LogP contribution is -2.28. The summed E-state index contributed by atoms with van der Waals surface area (Å²) >= 11 is 10.0. The Labute approximate surface area is 256 Å². The number of fused-ring (bicyclic) bond motifs is 1. The molecule has 208 valence electrons. The van der Waals surface area contributed by atoms with Crippen molar-refractivity contribution in [3.63, 3.8) is 0 Å². The van der Waals surface area contributed by atoms with E-state index in [0.29, 0.717) is 23.8 Å². The minimum atomic E-state index is -0.259. The Morgan fingerprint density at radius 1 is 0.810 bits per heavy atom. The van der Waals surface area contributed by atoms with E-state index in [4.69, 9.17) is 16.6 Å². The van der Waals surface area contributed by atoms with E-state index < -0.39 is 0 Å². The highest BCUT2D eigenvalue weighted by molar-refractivity contribution is 9.10. The Bertz CT molecular complexity index is 1860. The topological polar surface area (TPSA) is 83.3 Å². The third-order valence-corrected chi connectivity index (χ3v) is 7.68. The van der Waals surface area contributed by atoms with Gasteiger partial charge in [-0.15, -0.1) is 0 Å². The van der Waals surface area contributed by atoms with E-state index in [1.807, 2.05) is 109 Å². The molecule has 7 nitrogen and oxygen atoms in total. The summed E-state index contributed by atoms with van der Waals surface area (Å²) in [5.41, 5.74) is 7.15. The summed E-state index contributed by atoms with van der Waals surface area (Å²) in [6, 6.07) is 35.2. The molecule has 0 unspecified atom stereocenters. The number of halogens is 2. The minimum absolute atomic E-state index is 0.259. The van der Waals surface area contributed by atoms with Crippen LogP contribution in [0.15, 0.2) is 120 Å². The van der Waals surface area contributed by atoms with Gasteiger partial charge in [0.25, 0.3) is 0 Å². The maximum absolute atomic E-state index is 12.7. The predicted octanol–water partition coefficient (Wildman–Crippen LogP) is 8.41. The van der Waals surface area contributed by atoms with E-state index in [2.05, 4.69) is 37.0 Å². The summed E-state index contributed by atoms with van der Waals surface area (Å²) in [7, 11) is 0. The SMILES string of the molecule is O=C(NCc1ccc(CNc2cc(-c3ccccc3Cl)nc3c(Br)cnn23)cc1)Nc1ccccc1-c1ccccc1. The molecule has 9 heteroatoms. The molecule has 0 fully saturated rings. The lowest BCUT2D eigenvalue weighted by Gasteiger charge is -2.13. The molecule has 0 spiro atoms. The second kappa shape index (κ2) is 12.5. The number of rotatable bonds is 8. The highest BCUT2D eigenvalue weighted by atomic mass is 79.9. The molecule has 6 rings (SSSR count). The number of carbonyl (C=O) groups excluding carboxylic acids is 1. The van der Waals surface area contributed by atoms with Gasteiger partial charge in [0, 0.05) is 35.3 Å². The zero-order valence-corrected chi connectivity index (χ0v) is 24.7. The maximum Gasteiger partial charge on any atom is 0.319 e. The van der Waals surface area contributed by atoms with E-state index in [0.717, 1.165) is 49.5 Å². The van der Waals surface area contributed by atoms with Crippen molar-refractivity contribution in [1.82, 2.24) is 19.9 Å². The van der Waals surface area contributed by atoms with Crippen LogP contribution in [0.3, 0.4) is 0 Å². The molecule has 6 aromatic rings. The van der Waals surface area contributed by atoms with E-state index >= 15 is 0 Å². The van der Waals surface area contributed by atoms with Crippen LogP contribution in [0.5, 0.6) is 0 Å². The first kappa shape index (κ1) is 27.5. The van der Waals surface area contributed by atoms with Crippen LogP contribution in [0.4, 0.5) is 16.3 Å². The Kier molecular flexibility index (Phi) is 8.16. The van der Waals surface area contributed by atoms with Gasteiger partial charge in [-0.05, 0) is 44.8 Å². The number of hydrogen-bond acceptors (Lipinski definition) is 4. The first-order valence-electron chi connectivity index (χ1n) is 13.4. The molecule has 0 saturated carbocycles. The molecular formula is C33H26BrClN6O. The minimum Gasteiger partial charge on any atom is -0.366 e. The Morgan fingerprint density at radius 2 is 1.48 bits per heavy atom. The Hall–Kier alpha value is -4.66. The number of amides is 2. The smallest absolute Gasteiger partial charge is 0.319 e. The second-order valence-corrected chi connectivity index (χ2v) is 10.9. The van der Waals surface area contributed by atoms with Crippen molar-refractivity contribution in [2.45, 2.75) is 13.1 Å². The molecule has 0 bridgehead atoms. The fourth-order valence-electron chi connectivity index (χ4n) is 4.65. The molecule has 2 amide bonds. The molecule has 2 aromatic heterocycles. The number of nitrogens with zero attached hydrogens (tertiary/aromatic N) is 3. The molecule has 0 radical (unpaired) electrons. The zero-order valence-electron chi connectivity index (χ0n) is 22.4. The number of anilines is 2. The second-order valence-electron chi connectivity index (χ2n) is 9.62. The monoisotopic (exact) mass is 636 g/mol. The number of urea groups is 1. The van der Waals surface area contributed by atoms with Gasteiger partial charge >= 0.3 is 6.03 Å². The fraction of sp³-hybridized carbons (Fsp3) is 0.0606. The normalized spacial score (nSPS) is 10.9. The summed E-state index contributed by atoms with van der Waals surface area (Å²) in [5.74, 6) is 0.791. The van der Waals surface area contributed by atoms with Gasteiger partial charge in [0.05, 0.1) is 22.1 Å². The lowest BCUT2D eigenvalue weighted by molar-refractivity contribution is 0.251. The molecule has 0 aliphatic carbocycles. The third kappa shape index (κ3) is 6.15. The molecule has 0 atom stereocenters.